The molecule has 4 aromatic heterocycles. The van der Waals surface area contributed by atoms with Gasteiger partial charge in [0.2, 0.25) is 5.95 Å². The molecule has 0 saturated carbocycles. The van der Waals surface area contributed by atoms with E-state index in [1.54, 1.807) is 17.0 Å². The number of fused-ring (bicyclic) bond motifs is 4. The predicted molar refractivity (Wildman–Crippen MR) is 118 cm³/mol. The molecule has 0 fully saturated rings. The maximum Gasteiger partial charge on any atom is 0.267 e. The summed E-state index contributed by atoms with van der Waals surface area (Å²) in [5.74, 6) is 1.85. The second kappa shape index (κ2) is 7.10. The molecule has 6 rings (SSSR count). The molecule has 0 saturated heterocycles. The van der Waals surface area contributed by atoms with Gasteiger partial charge in [-0.3, -0.25) is 14.5 Å². The molecule has 1 aliphatic rings. The molecule has 10 heteroatoms. The molecule has 1 atom stereocenters. The SMILES string of the molecule is O=c1c2c[nH]nc2c2cnc(NC[C@H]3COc4ccccc4O3)nc2n1-c1ccsc1. The van der Waals surface area contributed by atoms with Crippen LogP contribution in [0.5, 0.6) is 11.5 Å². The standard InChI is InChI=1S/C21H16N6O3S/c28-20-15-9-24-26-18(15)14-8-23-21(25-19(14)27(20)12-5-6-31-11-12)22-7-13-10-29-16-3-1-2-4-17(16)30-13/h1-6,8-9,11,13H,7,10H2,(H,24,26)(H,22,23,25)/t13-/m0/s1. The highest BCUT2D eigenvalue weighted by Crippen LogP contribution is 2.31. The Hall–Kier alpha value is -3.92. The van der Waals surface area contributed by atoms with Gasteiger partial charge in [0, 0.05) is 17.8 Å². The summed E-state index contributed by atoms with van der Waals surface area (Å²) >= 11 is 1.51. The predicted octanol–water partition coefficient (Wildman–Crippen LogP) is 2.97. The monoisotopic (exact) mass is 432 g/mol. The number of rotatable bonds is 4. The lowest BCUT2D eigenvalue weighted by atomic mass is 10.2. The average Bonchev–Trinajstić information content (AvgIpc) is 3.50. The molecule has 1 aromatic carbocycles. The van der Waals surface area contributed by atoms with Crippen molar-refractivity contribution in [1.82, 2.24) is 24.7 Å². The zero-order valence-electron chi connectivity index (χ0n) is 16.1. The molecule has 5 aromatic rings. The Morgan fingerprint density at radius 2 is 2.13 bits per heavy atom. The van der Waals surface area contributed by atoms with Crippen LogP contribution in [-0.2, 0) is 0 Å². The van der Waals surface area contributed by atoms with Crippen molar-refractivity contribution in [3.05, 3.63) is 63.8 Å². The van der Waals surface area contributed by atoms with Crippen molar-refractivity contribution in [3.63, 3.8) is 0 Å². The van der Waals surface area contributed by atoms with Crippen molar-refractivity contribution in [2.75, 3.05) is 18.5 Å². The van der Waals surface area contributed by atoms with Crippen LogP contribution in [0.25, 0.3) is 27.6 Å². The number of ether oxygens (including phenoxy) is 2. The van der Waals surface area contributed by atoms with Crippen LogP contribution in [0, 0.1) is 0 Å². The van der Waals surface area contributed by atoms with Crippen molar-refractivity contribution < 1.29 is 9.47 Å². The van der Waals surface area contributed by atoms with Crippen LogP contribution in [0.4, 0.5) is 5.95 Å². The Kier molecular flexibility index (Phi) is 4.10. The summed E-state index contributed by atoms with van der Waals surface area (Å²) in [6.07, 6.45) is 3.09. The van der Waals surface area contributed by atoms with Crippen molar-refractivity contribution >= 4 is 39.2 Å². The van der Waals surface area contributed by atoms with E-state index in [1.165, 1.54) is 11.3 Å². The van der Waals surface area contributed by atoms with E-state index in [4.69, 9.17) is 9.47 Å². The highest BCUT2D eigenvalue weighted by molar-refractivity contribution is 7.08. The fourth-order valence-corrected chi connectivity index (χ4v) is 4.28. The third-order valence-electron chi connectivity index (χ3n) is 5.13. The Labute approximate surface area is 179 Å². The summed E-state index contributed by atoms with van der Waals surface area (Å²) in [6.45, 7) is 0.873. The van der Waals surface area contributed by atoms with E-state index in [2.05, 4.69) is 25.5 Å². The average molecular weight is 432 g/mol. The number of para-hydroxylation sites is 2. The highest BCUT2D eigenvalue weighted by atomic mass is 32.1. The van der Waals surface area contributed by atoms with E-state index in [1.807, 2.05) is 41.1 Å². The largest absolute Gasteiger partial charge is 0.486 e. The molecule has 0 amide bonds. The van der Waals surface area contributed by atoms with E-state index >= 15 is 0 Å². The number of nitrogens with zero attached hydrogens (tertiary/aromatic N) is 4. The number of hydrogen-bond acceptors (Lipinski definition) is 8. The number of H-pyrrole nitrogens is 1. The van der Waals surface area contributed by atoms with Crippen LogP contribution in [0.15, 0.2) is 58.3 Å². The van der Waals surface area contributed by atoms with Crippen LogP contribution in [-0.4, -0.2) is 44.0 Å². The molecule has 5 heterocycles. The number of aromatic nitrogens is 5. The zero-order chi connectivity index (χ0) is 20.8. The lowest BCUT2D eigenvalue weighted by molar-refractivity contribution is 0.0996. The second-order valence-corrected chi connectivity index (χ2v) is 7.86. The third-order valence-corrected chi connectivity index (χ3v) is 5.80. The van der Waals surface area contributed by atoms with Gasteiger partial charge in [-0.05, 0) is 23.6 Å². The second-order valence-electron chi connectivity index (χ2n) is 7.08. The van der Waals surface area contributed by atoms with Crippen molar-refractivity contribution in [1.29, 1.82) is 0 Å². The molecule has 31 heavy (non-hydrogen) atoms. The molecule has 0 aliphatic carbocycles. The van der Waals surface area contributed by atoms with Gasteiger partial charge in [0.1, 0.15) is 18.2 Å². The number of benzene rings is 1. The maximum atomic E-state index is 13.1. The molecule has 0 spiro atoms. The smallest absolute Gasteiger partial charge is 0.267 e. The van der Waals surface area contributed by atoms with Crippen LogP contribution < -0.4 is 20.3 Å². The van der Waals surface area contributed by atoms with Gasteiger partial charge in [-0.25, -0.2) is 4.98 Å². The first-order valence-electron chi connectivity index (χ1n) is 9.68. The number of anilines is 1. The Balaban J connectivity index is 1.36. The number of nitrogens with one attached hydrogen (secondary N) is 2. The van der Waals surface area contributed by atoms with Crippen LogP contribution in [0.3, 0.4) is 0 Å². The van der Waals surface area contributed by atoms with Gasteiger partial charge in [-0.1, -0.05) is 12.1 Å². The summed E-state index contributed by atoms with van der Waals surface area (Å²) in [6, 6.07) is 9.46. The molecule has 0 radical (unpaired) electrons. The van der Waals surface area contributed by atoms with Crippen LogP contribution in [0.2, 0.25) is 0 Å². The first-order chi connectivity index (χ1) is 15.3. The zero-order valence-corrected chi connectivity index (χ0v) is 16.9. The van der Waals surface area contributed by atoms with Crippen molar-refractivity contribution in [2.24, 2.45) is 0 Å². The molecule has 0 unspecified atom stereocenters. The molecule has 154 valence electrons. The Bertz CT molecular complexity index is 1460. The van der Waals surface area contributed by atoms with E-state index in [-0.39, 0.29) is 11.7 Å². The molecule has 9 nitrogen and oxygen atoms in total. The summed E-state index contributed by atoms with van der Waals surface area (Å²) in [5, 5.41) is 15.2. The number of aromatic amines is 1. The van der Waals surface area contributed by atoms with Gasteiger partial charge in [0.25, 0.3) is 5.56 Å². The minimum absolute atomic E-state index is 0.181. The van der Waals surface area contributed by atoms with Crippen LogP contribution in [0.1, 0.15) is 0 Å². The van der Waals surface area contributed by atoms with Crippen LogP contribution >= 0.6 is 11.3 Å². The lowest BCUT2D eigenvalue weighted by Crippen LogP contribution is -2.35. The minimum Gasteiger partial charge on any atom is -0.486 e. The molecular formula is C21H16N6O3S. The number of pyridine rings is 1. The topological polar surface area (TPSA) is 107 Å². The summed E-state index contributed by atoms with van der Waals surface area (Å²) in [5.41, 5.74) is 1.62. The van der Waals surface area contributed by atoms with E-state index in [0.29, 0.717) is 46.8 Å². The van der Waals surface area contributed by atoms with E-state index < -0.39 is 0 Å². The maximum absolute atomic E-state index is 13.1. The van der Waals surface area contributed by atoms with Gasteiger partial charge in [-0.15, -0.1) is 0 Å². The van der Waals surface area contributed by atoms with Gasteiger partial charge < -0.3 is 14.8 Å². The molecule has 2 N–H and O–H groups in total. The molecule has 0 bridgehead atoms. The fraction of sp³-hybridized carbons (Fsp3) is 0.143. The first-order valence-corrected chi connectivity index (χ1v) is 10.6. The normalized spacial score (nSPS) is 15.4. The number of hydrogen-bond donors (Lipinski definition) is 2. The van der Waals surface area contributed by atoms with Gasteiger partial charge >= 0.3 is 0 Å². The third kappa shape index (κ3) is 2.99. The Morgan fingerprint density at radius 1 is 1.23 bits per heavy atom. The van der Waals surface area contributed by atoms with Crippen molar-refractivity contribution in [2.45, 2.75) is 6.10 Å². The Morgan fingerprint density at radius 3 is 3.00 bits per heavy atom. The summed E-state index contributed by atoms with van der Waals surface area (Å²) in [4.78, 5) is 22.2. The first kappa shape index (κ1) is 17.9. The summed E-state index contributed by atoms with van der Waals surface area (Å²) < 4.78 is 13.3. The minimum atomic E-state index is -0.193. The molecular weight excluding hydrogens is 416 g/mol. The van der Waals surface area contributed by atoms with Gasteiger partial charge in [0.15, 0.2) is 17.1 Å². The fourth-order valence-electron chi connectivity index (χ4n) is 3.66. The highest BCUT2D eigenvalue weighted by Gasteiger charge is 2.21. The quantitative estimate of drug-likeness (QED) is 0.450. The van der Waals surface area contributed by atoms with Gasteiger partial charge in [0.05, 0.1) is 23.0 Å². The van der Waals surface area contributed by atoms with E-state index in [0.717, 1.165) is 11.4 Å². The van der Waals surface area contributed by atoms with E-state index in [9.17, 15) is 4.79 Å². The van der Waals surface area contributed by atoms with Crippen molar-refractivity contribution in [3.8, 4) is 17.2 Å². The number of thiophene rings is 1. The van der Waals surface area contributed by atoms with Gasteiger partial charge in [-0.2, -0.15) is 21.4 Å². The molecule has 1 aliphatic heterocycles. The lowest BCUT2D eigenvalue weighted by Gasteiger charge is -2.26. The summed E-state index contributed by atoms with van der Waals surface area (Å²) in [7, 11) is 0.